The summed E-state index contributed by atoms with van der Waals surface area (Å²) < 4.78 is 32.3. The van der Waals surface area contributed by atoms with Gasteiger partial charge in [-0.15, -0.1) is 0 Å². The number of pyridine rings is 1. The normalized spacial score (nSPS) is 10.5. The van der Waals surface area contributed by atoms with E-state index in [-0.39, 0.29) is 11.6 Å². The Hall–Kier alpha value is -2.15. The Balaban J connectivity index is 2.32. The Morgan fingerprint density at radius 3 is 2.79 bits per heavy atom. The fourth-order valence-electron chi connectivity index (χ4n) is 1.71. The number of anilines is 2. The van der Waals surface area contributed by atoms with Crippen LogP contribution in [0.2, 0.25) is 0 Å². The summed E-state index contributed by atoms with van der Waals surface area (Å²) in [6.45, 7) is 2.66. The number of furan rings is 1. The zero-order valence-electron chi connectivity index (χ0n) is 10.4. The highest BCUT2D eigenvalue weighted by molar-refractivity contribution is 5.48. The monoisotopic (exact) mass is 268 g/mol. The molecule has 0 aliphatic carbocycles. The number of hydrogen-bond donors (Lipinski definition) is 2. The summed E-state index contributed by atoms with van der Waals surface area (Å²) in [5.41, 5.74) is 2.10. The highest BCUT2D eigenvalue weighted by atomic mass is 19.1. The van der Waals surface area contributed by atoms with Gasteiger partial charge in [0.05, 0.1) is 12.8 Å². The predicted molar refractivity (Wildman–Crippen MR) is 67.4 cm³/mol. The molecule has 0 bridgehead atoms. The molecule has 7 heteroatoms. The zero-order chi connectivity index (χ0) is 13.8. The maximum Gasteiger partial charge on any atom is 0.178 e. The van der Waals surface area contributed by atoms with Gasteiger partial charge in [0.25, 0.3) is 0 Å². The van der Waals surface area contributed by atoms with E-state index < -0.39 is 11.6 Å². The third-order valence-corrected chi connectivity index (χ3v) is 2.66. The van der Waals surface area contributed by atoms with Gasteiger partial charge in [-0.3, -0.25) is 0 Å². The van der Waals surface area contributed by atoms with Gasteiger partial charge in [0, 0.05) is 12.6 Å². The number of hydrogen-bond acceptors (Lipinski definition) is 5. The minimum Gasteiger partial charge on any atom is -0.467 e. The third kappa shape index (κ3) is 2.82. The highest BCUT2D eigenvalue weighted by Gasteiger charge is 2.17. The molecule has 0 aromatic carbocycles. The number of halogens is 2. The van der Waals surface area contributed by atoms with Crippen molar-refractivity contribution >= 4 is 11.6 Å². The van der Waals surface area contributed by atoms with E-state index in [0.717, 1.165) is 6.07 Å². The molecule has 2 aromatic rings. The van der Waals surface area contributed by atoms with Crippen LogP contribution in [0.3, 0.4) is 0 Å². The van der Waals surface area contributed by atoms with E-state index in [9.17, 15) is 8.78 Å². The van der Waals surface area contributed by atoms with Crippen LogP contribution >= 0.6 is 0 Å². The number of hydrazine groups is 1. The lowest BCUT2D eigenvalue weighted by molar-refractivity contribution is 0.498. The lowest BCUT2D eigenvalue weighted by Gasteiger charge is -2.21. The number of nitrogens with zero attached hydrogens (tertiary/aromatic N) is 2. The molecule has 2 aromatic heterocycles. The topological polar surface area (TPSA) is 67.3 Å². The lowest BCUT2D eigenvalue weighted by Crippen LogP contribution is -2.25. The standard InChI is InChI=1S/C12H14F2N4O/c1-2-18(7-8-4-3-5-19-8)12-10(14)6-9(13)11(16-12)17-15/h3-6H,2,7,15H2,1H3,(H,16,17). The van der Waals surface area contributed by atoms with Crippen molar-refractivity contribution in [1.29, 1.82) is 0 Å². The van der Waals surface area contributed by atoms with Crippen LogP contribution in [0.4, 0.5) is 20.4 Å². The van der Waals surface area contributed by atoms with Gasteiger partial charge in [0.2, 0.25) is 0 Å². The molecule has 0 amide bonds. The van der Waals surface area contributed by atoms with Gasteiger partial charge in [-0.2, -0.15) is 0 Å². The first-order valence-corrected chi connectivity index (χ1v) is 5.75. The maximum absolute atomic E-state index is 13.8. The smallest absolute Gasteiger partial charge is 0.178 e. The van der Waals surface area contributed by atoms with Crippen LogP contribution in [-0.2, 0) is 6.54 Å². The molecular weight excluding hydrogens is 254 g/mol. The molecule has 3 N–H and O–H groups in total. The summed E-state index contributed by atoms with van der Waals surface area (Å²) >= 11 is 0. The van der Waals surface area contributed by atoms with Gasteiger partial charge in [0.1, 0.15) is 5.76 Å². The van der Waals surface area contributed by atoms with Crippen molar-refractivity contribution in [2.75, 3.05) is 16.9 Å². The van der Waals surface area contributed by atoms with Crippen molar-refractivity contribution < 1.29 is 13.2 Å². The van der Waals surface area contributed by atoms with Crippen molar-refractivity contribution in [3.63, 3.8) is 0 Å². The largest absolute Gasteiger partial charge is 0.467 e. The Bertz CT molecular complexity index is 545. The summed E-state index contributed by atoms with van der Waals surface area (Å²) in [5, 5.41) is 0. The van der Waals surface area contributed by atoms with E-state index in [1.165, 1.54) is 6.26 Å². The van der Waals surface area contributed by atoms with Crippen molar-refractivity contribution in [3.05, 3.63) is 41.9 Å². The minimum absolute atomic E-state index is 0.0215. The van der Waals surface area contributed by atoms with Crippen molar-refractivity contribution in [3.8, 4) is 0 Å². The number of nitrogens with two attached hydrogens (primary N) is 1. The molecule has 0 radical (unpaired) electrons. The molecule has 2 heterocycles. The first kappa shape index (κ1) is 13.3. The first-order valence-electron chi connectivity index (χ1n) is 5.75. The molecule has 0 fully saturated rings. The third-order valence-electron chi connectivity index (χ3n) is 2.66. The fourth-order valence-corrected chi connectivity index (χ4v) is 1.71. The summed E-state index contributed by atoms with van der Waals surface area (Å²) in [6, 6.07) is 4.26. The zero-order valence-corrected chi connectivity index (χ0v) is 10.4. The summed E-state index contributed by atoms with van der Waals surface area (Å²) in [4.78, 5) is 5.46. The molecule has 0 aliphatic rings. The minimum atomic E-state index is -0.835. The van der Waals surface area contributed by atoms with E-state index in [0.29, 0.717) is 18.8 Å². The highest BCUT2D eigenvalue weighted by Crippen LogP contribution is 2.23. The van der Waals surface area contributed by atoms with Gasteiger partial charge in [-0.25, -0.2) is 19.6 Å². The molecule has 0 atom stereocenters. The van der Waals surface area contributed by atoms with Crippen LogP contribution in [-0.4, -0.2) is 11.5 Å². The van der Waals surface area contributed by atoms with Gasteiger partial charge < -0.3 is 14.7 Å². The Morgan fingerprint density at radius 1 is 1.42 bits per heavy atom. The second-order valence-electron chi connectivity index (χ2n) is 3.86. The van der Waals surface area contributed by atoms with Crippen molar-refractivity contribution in [2.24, 2.45) is 5.84 Å². The van der Waals surface area contributed by atoms with E-state index in [1.54, 1.807) is 17.0 Å². The van der Waals surface area contributed by atoms with E-state index in [4.69, 9.17) is 10.3 Å². The van der Waals surface area contributed by atoms with E-state index in [1.807, 2.05) is 6.92 Å². The van der Waals surface area contributed by atoms with E-state index in [2.05, 4.69) is 10.4 Å². The number of aromatic nitrogens is 1. The van der Waals surface area contributed by atoms with Crippen LogP contribution in [0.1, 0.15) is 12.7 Å². The SMILES string of the molecule is CCN(Cc1ccco1)c1nc(NN)c(F)cc1F. The predicted octanol–water partition coefficient (Wildman–Crippen LogP) is 2.26. The molecule has 0 saturated carbocycles. The Morgan fingerprint density at radius 2 is 2.21 bits per heavy atom. The van der Waals surface area contributed by atoms with Crippen molar-refractivity contribution in [1.82, 2.24) is 4.98 Å². The number of rotatable bonds is 5. The maximum atomic E-state index is 13.8. The average molecular weight is 268 g/mol. The van der Waals surface area contributed by atoms with Crippen LogP contribution in [0.5, 0.6) is 0 Å². The molecule has 0 saturated heterocycles. The second-order valence-corrected chi connectivity index (χ2v) is 3.86. The van der Waals surface area contributed by atoms with Gasteiger partial charge in [0.15, 0.2) is 23.3 Å². The van der Waals surface area contributed by atoms with Crippen LogP contribution in [0.15, 0.2) is 28.9 Å². The molecule has 19 heavy (non-hydrogen) atoms. The summed E-state index contributed by atoms with van der Waals surface area (Å²) in [6.07, 6.45) is 1.53. The first-order chi connectivity index (χ1) is 9.15. The summed E-state index contributed by atoms with van der Waals surface area (Å²) in [7, 11) is 0. The van der Waals surface area contributed by atoms with Crippen LogP contribution < -0.4 is 16.2 Å². The average Bonchev–Trinajstić information content (AvgIpc) is 2.89. The Labute approximate surface area is 109 Å². The molecule has 102 valence electrons. The molecule has 5 nitrogen and oxygen atoms in total. The summed E-state index contributed by atoms with van der Waals surface area (Å²) in [5.74, 6) is 4.04. The van der Waals surface area contributed by atoms with Gasteiger partial charge in [-0.05, 0) is 19.1 Å². The number of nitrogens with one attached hydrogen (secondary N) is 1. The van der Waals surface area contributed by atoms with Crippen LogP contribution in [0, 0.1) is 11.6 Å². The molecule has 0 spiro atoms. The Kier molecular flexibility index (Phi) is 3.96. The molecule has 0 unspecified atom stereocenters. The van der Waals surface area contributed by atoms with Gasteiger partial charge in [-0.1, -0.05) is 0 Å². The molecular formula is C12H14F2N4O. The quantitative estimate of drug-likeness (QED) is 0.643. The second kappa shape index (κ2) is 5.66. The van der Waals surface area contributed by atoms with Gasteiger partial charge >= 0.3 is 0 Å². The molecule has 2 rings (SSSR count). The fraction of sp³-hybridized carbons (Fsp3) is 0.250. The number of nitrogen functional groups attached to an aromatic ring is 1. The molecule has 0 aliphatic heterocycles. The lowest BCUT2D eigenvalue weighted by atomic mass is 10.3. The van der Waals surface area contributed by atoms with E-state index >= 15 is 0 Å². The van der Waals surface area contributed by atoms with Crippen molar-refractivity contribution in [2.45, 2.75) is 13.5 Å². The van der Waals surface area contributed by atoms with Crippen LogP contribution in [0.25, 0.3) is 0 Å².